The van der Waals surface area contributed by atoms with Gasteiger partial charge in [0.1, 0.15) is 0 Å². The number of benzene rings is 1. The van der Waals surface area contributed by atoms with Crippen LogP contribution in [-0.2, 0) is 4.79 Å². The highest BCUT2D eigenvalue weighted by molar-refractivity contribution is 5.66. The number of carboxylic acid groups (broad SMARTS) is 1. The van der Waals surface area contributed by atoms with Gasteiger partial charge in [0.2, 0.25) is 0 Å². The monoisotopic (exact) mass is 276 g/mol. The molecule has 4 heteroatoms. The van der Waals surface area contributed by atoms with Crippen molar-refractivity contribution in [2.75, 3.05) is 20.1 Å². The maximum absolute atomic E-state index is 10.6. The van der Waals surface area contributed by atoms with E-state index in [1.165, 1.54) is 18.4 Å². The van der Waals surface area contributed by atoms with Crippen LogP contribution in [0.1, 0.15) is 48.8 Å². The first-order chi connectivity index (χ1) is 9.56. The van der Waals surface area contributed by atoms with Crippen LogP contribution in [0.15, 0.2) is 24.3 Å². The molecule has 1 aliphatic heterocycles. The highest BCUT2D eigenvalue weighted by Crippen LogP contribution is 2.28. The minimum absolute atomic E-state index is 0.123. The number of rotatable bonds is 5. The summed E-state index contributed by atoms with van der Waals surface area (Å²) in [6.45, 7) is 2.31. The van der Waals surface area contributed by atoms with Crippen LogP contribution in [0.25, 0.3) is 0 Å². The molecule has 1 aromatic carbocycles. The zero-order valence-corrected chi connectivity index (χ0v) is 12.1. The summed E-state index contributed by atoms with van der Waals surface area (Å²) in [5.41, 5.74) is 8.43. The predicted octanol–water partition coefficient (Wildman–Crippen LogP) is 2.36. The van der Waals surface area contributed by atoms with Gasteiger partial charge in [-0.05, 0) is 56.4 Å². The van der Waals surface area contributed by atoms with Crippen molar-refractivity contribution in [1.29, 1.82) is 0 Å². The number of aliphatic carboxylic acids is 1. The van der Waals surface area contributed by atoms with Gasteiger partial charge in [0.15, 0.2) is 0 Å². The van der Waals surface area contributed by atoms with E-state index in [2.05, 4.69) is 36.2 Å². The van der Waals surface area contributed by atoms with Gasteiger partial charge in [-0.2, -0.15) is 0 Å². The molecule has 0 bridgehead atoms. The number of carbonyl (C=O) groups is 1. The van der Waals surface area contributed by atoms with Crippen molar-refractivity contribution in [3.63, 3.8) is 0 Å². The Balaban J connectivity index is 1.93. The van der Waals surface area contributed by atoms with Gasteiger partial charge in [-0.25, -0.2) is 0 Å². The molecule has 3 N–H and O–H groups in total. The third kappa shape index (κ3) is 4.05. The number of hydrogen-bond acceptors (Lipinski definition) is 3. The maximum atomic E-state index is 10.6. The van der Waals surface area contributed by atoms with Gasteiger partial charge >= 0.3 is 5.97 Å². The molecule has 1 unspecified atom stereocenters. The summed E-state index contributed by atoms with van der Waals surface area (Å²) in [5.74, 6) is -0.140. The highest BCUT2D eigenvalue weighted by Gasteiger charge is 2.18. The first kappa shape index (κ1) is 15.0. The molecular weight excluding hydrogens is 252 g/mol. The van der Waals surface area contributed by atoms with Crippen molar-refractivity contribution in [2.24, 2.45) is 5.73 Å². The van der Waals surface area contributed by atoms with Crippen LogP contribution >= 0.6 is 0 Å². The topological polar surface area (TPSA) is 66.6 Å². The summed E-state index contributed by atoms with van der Waals surface area (Å²) in [7, 11) is 2.17. The number of nitrogens with zero attached hydrogens (tertiary/aromatic N) is 1. The molecule has 1 atom stereocenters. The summed E-state index contributed by atoms with van der Waals surface area (Å²) in [4.78, 5) is 12.9. The van der Waals surface area contributed by atoms with Gasteiger partial charge < -0.3 is 15.7 Å². The average molecular weight is 276 g/mol. The van der Waals surface area contributed by atoms with Gasteiger partial charge in [-0.3, -0.25) is 4.79 Å². The molecule has 4 nitrogen and oxygen atoms in total. The molecule has 0 aliphatic carbocycles. The molecule has 1 fully saturated rings. The van der Waals surface area contributed by atoms with Crippen LogP contribution in [0.2, 0.25) is 0 Å². The Morgan fingerprint density at radius 2 is 1.95 bits per heavy atom. The van der Waals surface area contributed by atoms with Crippen LogP contribution in [0.4, 0.5) is 0 Å². The summed E-state index contributed by atoms with van der Waals surface area (Å²) in [5, 5.41) is 8.69. The Morgan fingerprint density at radius 1 is 1.35 bits per heavy atom. The van der Waals surface area contributed by atoms with Crippen molar-refractivity contribution in [2.45, 2.75) is 37.6 Å². The third-order valence-corrected chi connectivity index (χ3v) is 4.22. The Kier molecular flexibility index (Phi) is 5.15. The fourth-order valence-corrected chi connectivity index (χ4v) is 2.80. The summed E-state index contributed by atoms with van der Waals surface area (Å²) < 4.78 is 0. The molecule has 0 radical (unpaired) electrons. The van der Waals surface area contributed by atoms with E-state index in [1.807, 2.05) is 0 Å². The maximum Gasteiger partial charge on any atom is 0.303 e. The number of likely N-dealkylation sites (tertiary alicyclic amines) is 1. The van der Waals surface area contributed by atoms with Crippen molar-refractivity contribution in [3.05, 3.63) is 35.4 Å². The lowest BCUT2D eigenvalue weighted by atomic mass is 9.88. The van der Waals surface area contributed by atoms with Gasteiger partial charge in [0.25, 0.3) is 0 Å². The summed E-state index contributed by atoms with van der Waals surface area (Å²) >= 11 is 0. The predicted molar refractivity (Wildman–Crippen MR) is 79.7 cm³/mol. The van der Waals surface area contributed by atoms with Gasteiger partial charge in [0, 0.05) is 12.5 Å². The molecule has 1 heterocycles. The molecule has 0 saturated carbocycles. The number of carboxylic acids is 1. The molecular formula is C16H24N2O2. The van der Waals surface area contributed by atoms with Gasteiger partial charge in [0.05, 0.1) is 0 Å². The molecule has 0 aromatic heterocycles. The van der Waals surface area contributed by atoms with E-state index >= 15 is 0 Å². The van der Waals surface area contributed by atoms with Crippen molar-refractivity contribution in [1.82, 2.24) is 4.90 Å². The fourth-order valence-electron chi connectivity index (χ4n) is 2.80. The highest BCUT2D eigenvalue weighted by atomic mass is 16.4. The Hall–Kier alpha value is -1.39. The number of nitrogens with two attached hydrogens (primary N) is 1. The largest absolute Gasteiger partial charge is 0.481 e. The smallest absolute Gasteiger partial charge is 0.303 e. The zero-order chi connectivity index (χ0) is 14.5. The third-order valence-electron chi connectivity index (χ3n) is 4.22. The minimum Gasteiger partial charge on any atom is -0.481 e. The lowest BCUT2D eigenvalue weighted by Crippen LogP contribution is -2.29. The lowest BCUT2D eigenvalue weighted by molar-refractivity contribution is -0.137. The Labute approximate surface area is 120 Å². The molecule has 20 heavy (non-hydrogen) atoms. The van der Waals surface area contributed by atoms with Crippen molar-refractivity contribution in [3.8, 4) is 0 Å². The summed E-state index contributed by atoms with van der Waals surface area (Å²) in [6, 6.07) is 8.25. The second kappa shape index (κ2) is 6.86. The first-order valence-corrected chi connectivity index (χ1v) is 7.32. The van der Waals surface area contributed by atoms with Crippen LogP contribution < -0.4 is 5.73 Å². The van der Waals surface area contributed by atoms with E-state index in [1.54, 1.807) is 0 Å². The van der Waals surface area contributed by atoms with Gasteiger partial charge in [-0.15, -0.1) is 0 Å². The molecule has 1 aliphatic rings. The first-order valence-electron chi connectivity index (χ1n) is 7.32. The summed E-state index contributed by atoms with van der Waals surface area (Å²) in [6.07, 6.45) is 3.03. The fraction of sp³-hybridized carbons (Fsp3) is 0.562. The Bertz CT molecular complexity index is 436. The van der Waals surface area contributed by atoms with Gasteiger partial charge in [-0.1, -0.05) is 24.3 Å². The van der Waals surface area contributed by atoms with E-state index < -0.39 is 5.97 Å². The zero-order valence-electron chi connectivity index (χ0n) is 12.1. The van der Waals surface area contributed by atoms with Crippen LogP contribution in [0, 0.1) is 0 Å². The molecule has 2 rings (SSSR count). The number of hydrogen-bond donors (Lipinski definition) is 2. The molecule has 110 valence electrons. The SMILES string of the molecule is CN1CCC(c2ccc(C(N)CCC(=O)O)cc2)CC1. The second-order valence-corrected chi connectivity index (χ2v) is 5.78. The van der Waals surface area contributed by atoms with Crippen LogP contribution in [0.3, 0.4) is 0 Å². The van der Waals surface area contributed by atoms with E-state index in [-0.39, 0.29) is 12.5 Å². The Morgan fingerprint density at radius 3 is 2.50 bits per heavy atom. The van der Waals surface area contributed by atoms with Crippen LogP contribution in [-0.4, -0.2) is 36.1 Å². The normalized spacial score (nSPS) is 18.9. The van der Waals surface area contributed by atoms with E-state index in [4.69, 9.17) is 10.8 Å². The average Bonchev–Trinajstić information content (AvgIpc) is 2.46. The number of piperidine rings is 1. The van der Waals surface area contributed by atoms with Crippen LogP contribution in [0.5, 0.6) is 0 Å². The molecule has 1 aromatic rings. The van der Waals surface area contributed by atoms with Crippen molar-refractivity contribution < 1.29 is 9.90 Å². The van der Waals surface area contributed by atoms with Crippen molar-refractivity contribution >= 4 is 5.97 Å². The molecule has 1 saturated heterocycles. The van der Waals surface area contributed by atoms with E-state index in [0.717, 1.165) is 18.7 Å². The second-order valence-electron chi connectivity index (χ2n) is 5.78. The molecule has 0 spiro atoms. The van der Waals surface area contributed by atoms with E-state index in [9.17, 15) is 4.79 Å². The standard InChI is InChI=1S/C16H24N2O2/c1-18-10-8-13(9-11-18)12-2-4-14(5-3-12)15(17)6-7-16(19)20/h2-5,13,15H,6-11,17H2,1H3,(H,19,20). The van der Waals surface area contributed by atoms with E-state index in [0.29, 0.717) is 12.3 Å². The quantitative estimate of drug-likeness (QED) is 0.866. The lowest BCUT2D eigenvalue weighted by Gasteiger charge is -2.29. The minimum atomic E-state index is -0.789. The molecule has 0 amide bonds.